The minimum atomic E-state index is -0.0876. The van der Waals surface area contributed by atoms with Gasteiger partial charge >= 0.3 is 0 Å². The lowest BCUT2D eigenvalue weighted by atomic mass is 9.87. The summed E-state index contributed by atoms with van der Waals surface area (Å²) in [5.41, 5.74) is 8.30. The van der Waals surface area contributed by atoms with Gasteiger partial charge in [-0.15, -0.1) is 0 Å². The predicted octanol–water partition coefficient (Wildman–Crippen LogP) is 2.08. The maximum Gasteiger partial charge on any atom is 0.272 e. The minimum Gasteiger partial charge on any atom is -0.326 e. The van der Waals surface area contributed by atoms with Crippen LogP contribution >= 0.6 is 0 Å². The van der Waals surface area contributed by atoms with Gasteiger partial charge in [0.15, 0.2) is 0 Å². The third-order valence-corrected chi connectivity index (χ3v) is 3.51. The zero-order chi connectivity index (χ0) is 14.2. The molecule has 1 aromatic carbocycles. The van der Waals surface area contributed by atoms with E-state index in [1.54, 1.807) is 11.5 Å². The van der Waals surface area contributed by atoms with Crippen LogP contribution < -0.4 is 11.3 Å². The number of nitrogens with two attached hydrogens (primary N) is 1. The van der Waals surface area contributed by atoms with E-state index in [0.717, 1.165) is 11.0 Å². The van der Waals surface area contributed by atoms with E-state index in [0.29, 0.717) is 12.2 Å². The summed E-state index contributed by atoms with van der Waals surface area (Å²) in [6.07, 6.45) is 0. The van der Waals surface area contributed by atoms with Crippen LogP contribution in [-0.2, 0) is 6.54 Å². The normalized spacial score (nSPS) is 13.7. The van der Waals surface area contributed by atoms with Crippen molar-refractivity contribution in [2.45, 2.75) is 40.3 Å². The highest BCUT2D eigenvalue weighted by Crippen LogP contribution is 2.19. The summed E-state index contributed by atoms with van der Waals surface area (Å²) < 4.78 is 1.74. The first-order valence-electron chi connectivity index (χ1n) is 6.52. The van der Waals surface area contributed by atoms with Crippen LogP contribution in [0.4, 0.5) is 0 Å². The third-order valence-electron chi connectivity index (χ3n) is 3.51. The van der Waals surface area contributed by atoms with Gasteiger partial charge in [-0.3, -0.25) is 4.79 Å². The number of rotatable bonds is 2. The van der Waals surface area contributed by atoms with E-state index in [9.17, 15) is 4.79 Å². The molecule has 1 aromatic heterocycles. The molecular weight excluding hydrogens is 238 g/mol. The summed E-state index contributed by atoms with van der Waals surface area (Å²) in [5.74, 6) is 0. The Labute approximate surface area is 113 Å². The molecule has 2 rings (SSSR count). The van der Waals surface area contributed by atoms with Crippen molar-refractivity contribution in [2.24, 2.45) is 11.1 Å². The molecule has 0 aliphatic rings. The van der Waals surface area contributed by atoms with E-state index in [2.05, 4.69) is 25.8 Å². The van der Waals surface area contributed by atoms with Crippen LogP contribution in [0.3, 0.4) is 0 Å². The Morgan fingerprint density at radius 2 is 1.95 bits per heavy atom. The van der Waals surface area contributed by atoms with Crippen LogP contribution in [0.15, 0.2) is 29.1 Å². The van der Waals surface area contributed by atoms with E-state index in [-0.39, 0.29) is 17.0 Å². The molecule has 2 N–H and O–H groups in total. The first kappa shape index (κ1) is 13.7. The summed E-state index contributed by atoms with van der Waals surface area (Å²) in [6.45, 7) is 8.50. The standard InChI is InChI=1S/C15H21N3O/c1-10-14(19)18(9-13(16)15(2,3)4)12-8-6-5-7-11(12)17-10/h5-8,13H,9,16H2,1-4H3. The second-order valence-corrected chi connectivity index (χ2v) is 6.07. The van der Waals surface area contributed by atoms with E-state index in [1.165, 1.54) is 0 Å². The molecule has 102 valence electrons. The van der Waals surface area contributed by atoms with Crippen molar-refractivity contribution < 1.29 is 0 Å². The molecule has 1 atom stereocenters. The number of hydrogen-bond donors (Lipinski definition) is 1. The summed E-state index contributed by atoms with van der Waals surface area (Å²) in [6, 6.07) is 7.58. The Morgan fingerprint density at radius 3 is 2.58 bits per heavy atom. The van der Waals surface area contributed by atoms with Crippen LogP contribution in [0.5, 0.6) is 0 Å². The van der Waals surface area contributed by atoms with Gasteiger partial charge in [0.2, 0.25) is 0 Å². The van der Waals surface area contributed by atoms with Crippen LogP contribution in [-0.4, -0.2) is 15.6 Å². The van der Waals surface area contributed by atoms with E-state index < -0.39 is 0 Å². The van der Waals surface area contributed by atoms with Gasteiger partial charge in [-0.05, 0) is 24.5 Å². The lowest BCUT2D eigenvalue weighted by Crippen LogP contribution is -2.41. The number of aromatic nitrogens is 2. The van der Waals surface area contributed by atoms with Gasteiger partial charge in [0.1, 0.15) is 5.69 Å². The maximum atomic E-state index is 12.3. The van der Waals surface area contributed by atoms with E-state index >= 15 is 0 Å². The molecule has 0 spiro atoms. The molecule has 0 radical (unpaired) electrons. The van der Waals surface area contributed by atoms with E-state index in [4.69, 9.17) is 5.73 Å². The molecular formula is C15H21N3O. The lowest BCUT2D eigenvalue weighted by Gasteiger charge is -2.28. The average Bonchev–Trinajstić information content (AvgIpc) is 2.33. The first-order chi connectivity index (χ1) is 8.80. The molecule has 0 aliphatic carbocycles. The number of para-hydroxylation sites is 2. The SMILES string of the molecule is Cc1nc2ccccc2n(CC(N)C(C)(C)C)c1=O. The Morgan fingerprint density at radius 1 is 1.32 bits per heavy atom. The van der Waals surface area contributed by atoms with Gasteiger partial charge in [0.05, 0.1) is 11.0 Å². The first-order valence-corrected chi connectivity index (χ1v) is 6.52. The molecule has 0 saturated heterocycles. The molecule has 0 saturated carbocycles. The van der Waals surface area contributed by atoms with Gasteiger partial charge < -0.3 is 10.3 Å². The predicted molar refractivity (Wildman–Crippen MR) is 78.2 cm³/mol. The molecule has 0 bridgehead atoms. The van der Waals surface area contributed by atoms with Crippen LogP contribution in [0.25, 0.3) is 11.0 Å². The number of aryl methyl sites for hydroxylation is 1. The van der Waals surface area contributed by atoms with Gasteiger partial charge in [-0.25, -0.2) is 4.98 Å². The molecule has 1 heterocycles. The van der Waals surface area contributed by atoms with Crippen molar-refractivity contribution in [3.8, 4) is 0 Å². The summed E-state index contributed by atoms with van der Waals surface area (Å²) in [7, 11) is 0. The maximum absolute atomic E-state index is 12.3. The molecule has 4 heteroatoms. The Balaban J connectivity index is 2.59. The molecule has 2 aromatic rings. The molecule has 19 heavy (non-hydrogen) atoms. The lowest BCUT2D eigenvalue weighted by molar-refractivity contribution is 0.291. The number of fused-ring (bicyclic) bond motifs is 1. The van der Waals surface area contributed by atoms with Crippen LogP contribution in [0.2, 0.25) is 0 Å². The van der Waals surface area contributed by atoms with Crippen molar-refractivity contribution in [1.82, 2.24) is 9.55 Å². The Kier molecular flexibility index (Phi) is 3.45. The van der Waals surface area contributed by atoms with Crippen molar-refractivity contribution in [3.63, 3.8) is 0 Å². The van der Waals surface area contributed by atoms with Gasteiger partial charge in [-0.2, -0.15) is 0 Å². The molecule has 0 amide bonds. The fraction of sp³-hybridized carbons (Fsp3) is 0.467. The molecule has 1 unspecified atom stereocenters. The Bertz CT molecular complexity index is 652. The van der Waals surface area contributed by atoms with Crippen molar-refractivity contribution in [3.05, 3.63) is 40.3 Å². The topological polar surface area (TPSA) is 60.9 Å². The summed E-state index contributed by atoms with van der Waals surface area (Å²) >= 11 is 0. The fourth-order valence-corrected chi connectivity index (χ4v) is 1.97. The second kappa shape index (κ2) is 4.78. The summed E-state index contributed by atoms with van der Waals surface area (Å²) in [5, 5.41) is 0. The Hall–Kier alpha value is -1.68. The van der Waals surface area contributed by atoms with Crippen LogP contribution in [0.1, 0.15) is 26.5 Å². The smallest absolute Gasteiger partial charge is 0.272 e. The molecule has 0 fully saturated rings. The molecule has 4 nitrogen and oxygen atoms in total. The average molecular weight is 259 g/mol. The highest BCUT2D eigenvalue weighted by atomic mass is 16.1. The quantitative estimate of drug-likeness (QED) is 0.898. The van der Waals surface area contributed by atoms with Crippen molar-refractivity contribution in [2.75, 3.05) is 0 Å². The highest BCUT2D eigenvalue weighted by Gasteiger charge is 2.22. The van der Waals surface area contributed by atoms with Crippen molar-refractivity contribution >= 4 is 11.0 Å². The van der Waals surface area contributed by atoms with Gasteiger partial charge in [0.25, 0.3) is 5.56 Å². The zero-order valence-electron chi connectivity index (χ0n) is 12.0. The molecule has 0 aliphatic heterocycles. The summed E-state index contributed by atoms with van der Waals surface area (Å²) in [4.78, 5) is 16.6. The van der Waals surface area contributed by atoms with E-state index in [1.807, 2.05) is 24.3 Å². The zero-order valence-corrected chi connectivity index (χ0v) is 12.0. The number of hydrogen-bond acceptors (Lipinski definition) is 3. The number of benzene rings is 1. The van der Waals surface area contributed by atoms with Crippen LogP contribution in [0, 0.1) is 12.3 Å². The monoisotopic (exact) mass is 259 g/mol. The fourth-order valence-electron chi connectivity index (χ4n) is 1.97. The minimum absolute atomic E-state index is 0.0439. The van der Waals surface area contributed by atoms with Gasteiger partial charge in [-0.1, -0.05) is 32.9 Å². The van der Waals surface area contributed by atoms with Gasteiger partial charge in [0, 0.05) is 12.6 Å². The largest absolute Gasteiger partial charge is 0.326 e. The number of nitrogens with zero attached hydrogens (tertiary/aromatic N) is 2. The second-order valence-electron chi connectivity index (χ2n) is 6.07. The van der Waals surface area contributed by atoms with Crippen molar-refractivity contribution in [1.29, 1.82) is 0 Å². The highest BCUT2D eigenvalue weighted by molar-refractivity contribution is 5.74. The third kappa shape index (κ3) is 2.68.